The average Bonchev–Trinajstić information content (AvgIpc) is 2.25. The Morgan fingerprint density at radius 3 is 1.81 bits per heavy atom. The Balaban J connectivity index is 3.12. The average molecular weight is 230 g/mol. The molecule has 0 rings (SSSR count). The van der Waals surface area contributed by atoms with Crippen LogP contribution >= 0.6 is 0 Å². The first kappa shape index (κ1) is 15.9. The number of rotatable bonds is 11. The largest absolute Gasteiger partial charge is 0.396 e. The standard InChI is InChI=1S/C13H30N2O/c1-14(2)11-12-15(3)10-8-6-4-5-7-9-13-16/h16H,4-13H2,1-3H3. The second kappa shape index (κ2) is 11.4. The molecule has 3 heteroatoms. The van der Waals surface area contributed by atoms with Crippen LogP contribution < -0.4 is 0 Å². The summed E-state index contributed by atoms with van der Waals surface area (Å²) >= 11 is 0. The fourth-order valence-corrected chi connectivity index (χ4v) is 1.68. The molecule has 0 aromatic carbocycles. The smallest absolute Gasteiger partial charge is 0.0431 e. The second-order valence-electron chi connectivity index (χ2n) is 4.95. The molecule has 0 atom stereocenters. The van der Waals surface area contributed by atoms with E-state index in [1.54, 1.807) is 0 Å². The zero-order chi connectivity index (χ0) is 12.2. The van der Waals surface area contributed by atoms with Crippen LogP contribution in [-0.2, 0) is 0 Å². The van der Waals surface area contributed by atoms with E-state index in [1.165, 1.54) is 38.6 Å². The van der Waals surface area contributed by atoms with E-state index < -0.39 is 0 Å². The molecule has 0 unspecified atom stereocenters. The molecule has 0 aliphatic rings. The van der Waals surface area contributed by atoms with Gasteiger partial charge in [-0.05, 0) is 40.5 Å². The minimum Gasteiger partial charge on any atom is -0.396 e. The van der Waals surface area contributed by atoms with E-state index in [-0.39, 0.29) is 0 Å². The van der Waals surface area contributed by atoms with Gasteiger partial charge in [0.05, 0.1) is 0 Å². The van der Waals surface area contributed by atoms with Crippen LogP contribution in [0.5, 0.6) is 0 Å². The van der Waals surface area contributed by atoms with Gasteiger partial charge >= 0.3 is 0 Å². The first-order valence-electron chi connectivity index (χ1n) is 6.61. The summed E-state index contributed by atoms with van der Waals surface area (Å²) in [5, 5.41) is 8.63. The lowest BCUT2D eigenvalue weighted by Gasteiger charge is -2.19. The molecule has 0 aliphatic carbocycles. The highest BCUT2D eigenvalue weighted by Crippen LogP contribution is 2.05. The van der Waals surface area contributed by atoms with Crippen molar-refractivity contribution in [1.29, 1.82) is 0 Å². The van der Waals surface area contributed by atoms with E-state index in [2.05, 4.69) is 30.9 Å². The normalized spacial score (nSPS) is 11.6. The van der Waals surface area contributed by atoms with Crippen LogP contribution in [-0.4, -0.2) is 62.3 Å². The number of hydrogen-bond acceptors (Lipinski definition) is 3. The number of aliphatic hydroxyl groups excluding tert-OH is 1. The van der Waals surface area contributed by atoms with Crippen LogP contribution in [0.2, 0.25) is 0 Å². The molecular formula is C13H30N2O. The molecule has 0 spiro atoms. The molecule has 3 nitrogen and oxygen atoms in total. The maximum Gasteiger partial charge on any atom is 0.0431 e. The maximum absolute atomic E-state index is 8.63. The van der Waals surface area contributed by atoms with Crippen molar-refractivity contribution < 1.29 is 5.11 Å². The summed E-state index contributed by atoms with van der Waals surface area (Å²) < 4.78 is 0. The van der Waals surface area contributed by atoms with Crippen molar-refractivity contribution in [3.05, 3.63) is 0 Å². The minimum atomic E-state index is 0.354. The van der Waals surface area contributed by atoms with Gasteiger partial charge in [0, 0.05) is 19.7 Å². The van der Waals surface area contributed by atoms with Gasteiger partial charge in [0.1, 0.15) is 0 Å². The van der Waals surface area contributed by atoms with Gasteiger partial charge in [0.25, 0.3) is 0 Å². The molecule has 16 heavy (non-hydrogen) atoms. The van der Waals surface area contributed by atoms with Crippen molar-refractivity contribution in [3.63, 3.8) is 0 Å². The van der Waals surface area contributed by atoms with Gasteiger partial charge in [-0.15, -0.1) is 0 Å². The predicted octanol–water partition coefficient (Wildman–Crippen LogP) is 1.81. The van der Waals surface area contributed by atoms with E-state index >= 15 is 0 Å². The Morgan fingerprint density at radius 1 is 0.688 bits per heavy atom. The van der Waals surface area contributed by atoms with Crippen LogP contribution in [0, 0.1) is 0 Å². The monoisotopic (exact) mass is 230 g/mol. The quantitative estimate of drug-likeness (QED) is 0.548. The first-order chi connectivity index (χ1) is 7.66. The molecule has 0 saturated heterocycles. The lowest BCUT2D eigenvalue weighted by atomic mass is 10.1. The van der Waals surface area contributed by atoms with Crippen molar-refractivity contribution in [1.82, 2.24) is 9.80 Å². The lowest BCUT2D eigenvalue weighted by Crippen LogP contribution is -2.29. The van der Waals surface area contributed by atoms with Gasteiger partial charge in [0.15, 0.2) is 0 Å². The number of hydrogen-bond donors (Lipinski definition) is 1. The van der Waals surface area contributed by atoms with Crippen LogP contribution in [0.4, 0.5) is 0 Å². The summed E-state index contributed by atoms with van der Waals surface area (Å²) in [5.41, 5.74) is 0. The fourth-order valence-electron chi connectivity index (χ4n) is 1.68. The highest BCUT2D eigenvalue weighted by molar-refractivity contribution is 4.55. The van der Waals surface area contributed by atoms with Crippen molar-refractivity contribution in [3.8, 4) is 0 Å². The molecule has 0 aliphatic heterocycles. The number of nitrogens with zero attached hydrogens (tertiary/aromatic N) is 2. The SMILES string of the molecule is CN(C)CCN(C)CCCCCCCCO. The van der Waals surface area contributed by atoms with Gasteiger partial charge in [0.2, 0.25) is 0 Å². The van der Waals surface area contributed by atoms with Gasteiger partial charge in [-0.2, -0.15) is 0 Å². The van der Waals surface area contributed by atoms with Gasteiger partial charge < -0.3 is 14.9 Å². The third-order valence-electron chi connectivity index (χ3n) is 2.88. The molecule has 0 fully saturated rings. The summed E-state index contributed by atoms with van der Waals surface area (Å²) in [4.78, 5) is 4.64. The topological polar surface area (TPSA) is 26.7 Å². The van der Waals surface area contributed by atoms with Gasteiger partial charge in [-0.3, -0.25) is 0 Å². The molecule has 0 saturated carbocycles. The van der Waals surface area contributed by atoms with Crippen LogP contribution in [0.3, 0.4) is 0 Å². The summed E-state index contributed by atoms with van der Waals surface area (Å²) in [6, 6.07) is 0. The third-order valence-corrected chi connectivity index (χ3v) is 2.88. The number of likely N-dealkylation sites (N-methyl/N-ethyl adjacent to an activating group) is 2. The highest BCUT2D eigenvalue weighted by atomic mass is 16.2. The molecule has 0 aromatic heterocycles. The summed E-state index contributed by atoms with van der Waals surface area (Å²) in [6.07, 6.45) is 7.40. The van der Waals surface area contributed by atoms with Gasteiger partial charge in [-0.1, -0.05) is 25.7 Å². The Morgan fingerprint density at radius 2 is 1.25 bits per heavy atom. The van der Waals surface area contributed by atoms with Gasteiger partial charge in [-0.25, -0.2) is 0 Å². The van der Waals surface area contributed by atoms with Crippen molar-refractivity contribution in [2.75, 3.05) is 47.4 Å². The number of aliphatic hydroxyl groups is 1. The Kier molecular flexibility index (Phi) is 11.3. The highest BCUT2D eigenvalue weighted by Gasteiger charge is 1.98. The summed E-state index contributed by atoms with van der Waals surface area (Å²) in [7, 11) is 6.44. The third kappa shape index (κ3) is 12.0. The molecule has 0 aromatic rings. The summed E-state index contributed by atoms with van der Waals surface area (Å²) in [6.45, 7) is 3.88. The molecule has 98 valence electrons. The fraction of sp³-hybridized carbons (Fsp3) is 1.00. The molecule has 1 N–H and O–H groups in total. The Labute approximate surface area is 101 Å². The molecular weight excluding hydrogens is 200 g/mol. The van der Waals surface area contributed by atoms with Crippen molar-refractivity contribution >= 4 is 0 Å². The van der Waals surface area contributed by atoms with E-state index in [0.717, 1.165) is 19.5 Å². The molecule has 0 bridgehead atoms. The zero-order valence-electron chi connectivity index (χ0n) is 11.4. The summed E-state index contributed by atoms with van der Waals surface area (Å²) in [5.74, 6) is 0. The van der Waals surface area contributed by atoms with Crippen LogP contribution in [0.1, 0.15) is 38.5 Å². The van der Waals surface area contributed by atoms with Crippen LogP contribution in [0.15, 0.2) is 0 Å². The molecule has 0 amide bonds. The zero-order valence-corrected chi connectivity index (χ0v) is 11.4. The van der Waals surface area contributed by atoms with Crippen LogP contribution in [0.25, 0.3) is 0 Å². The molecule has 0 radical (unpaired) electrons. The number of unbranched alkanes of at least 4 members (excludes halogenated alkanes) is 5. The Bertz CT molecular complexity index is 140. The van der Waals surface area contributed by atoms with E-state index in [4.69, 9.17) is 5.11 Å². The molecule has 0 heterocycles. The first-order valence-corrected chi connectivity index (χ1v) is 6.61. The van der Waals surface area contributed by atoms with E-state index in [1.807, 2.05) is 0 Å². The van der Waals surface area contributed by atoms with E-state index in [9.17, 15) is 0 Å². The van der Waals surface area contributed by atoms with Crippen molar-refractivity contribution in [2.45, 2.75) is 38.5 Å². The predicted molar refractivity (Wildman–Crippen MR) is 70.8 cm³/mol. The Hall–Kier alpha value is -0.120. The minimum absolute atomic E-state index is 0.354. The van der Waals surface area contributed by atoms with E-state index in [0.29, 0.717) is 6.61 Å². The lowest BCUT2D eigenvalue weighted by molar-refractivity contribution is 0.274. The second-order valence-corrected chi connectivity index (χ2v) is 4.95. The van der Waals surface area contributed by atoms with Crippen molar-refractivity contribution in [2.24, 2.45) is 0 Å². The maximum atomic E-state index is 8.63.